The van der Waals surface area contributed by atoms with Gasteiger partial charge in [0.15, 0.2) is 10.8 Å². The fourth-order valence-corrected chi connectivity index (χ4v) is 5.42. The number of nitrogens with zero attached hydrogens (tertiary/aromatic N) is 7. The van der Waals surface area contributed by atoms with Crippen LogP contribution in [0.2, 0.25) is 0 Å². The zero-order valence-electron chi connectivity index (χ0n) is 21.0. The summed E-state index contributed by atoms with van der Waals surface area (Å²) in [7, 11) is 0. The second kappa shape index (κ2) is 10.7. The van der Waals surface area contributed by atoms with Crippen LogP contribution in [0.1, 0.15) is 34.1 Å². The minimum atomic E-state index is -0.109. The third-order valence-corrected chi connectivity index (χ3v) is 7.47. The van der Waals surface area contributed by atoms with Crippen LogP contribution in [0.25, 0.3) is 17.1 Å². The van der Waals surface area contributed by atoms with Gasteiger partial charge in [-0.15, -0.1) is 26.6 Å². The summed E-state index contributed by atoms with van der Waals surface area (Å²) in [6.07, 6.45) is 5.27. The number of hydrogen-bond donors (Lipinski definition) is 0. The smallest absolute Gasteiger partial charge is 0.288 e. The Balaban J connectivity index is 1.24. The van der Waals surface area contributed by atoms with E-state index >= 15 is 0 Å². The van der Waals surface area contributed by atoms with Crippen molar-refractivity contribution in [1.82, 2.24) is 29.9 Å². The van der Waals surface area contributed by atoms with Gasteiger partial charge in [0.2, 0.25) is 11.8 Å². The van der Waals surface area contributed by atoms with Gasteiger partial charge in [0.25, 0.3) is 5.91 Å². The van der Waals surface area contributed by atoms with Crippen molar-refractivity contribution in [3.05, 3.63) is 94.9 Å². The summed E-state index contributed by atoms with van der Waals surface area (Å²) < 4.78 is 7.36. The molecule has 9 nitrogen and oxygen atoms in total. The minimum absolute atomic E-state index is 0.0366. The van der Waals surface area contributed by atoms with Crippen LogP contribution in [0.4, 0.5) is 5.82 Å². The molecular formula is C28H27N7O2S. The molecule has 0 bridgehead atoms. The van der Waals surface area contributed by atoms with Crippen LogP contribution in [0, 0.1) is 6.92 Å². The number of aromatic nitrogens is 5. The van der Waals surface area contributed by atoms with Crippen molar-refractivity contribution in [1.29, 1.82) is 0 Å². The van der Waals surface area contributed by atoms with Crippen molar-refractivity contribution >= 4 is 23.1 Å². The van der Waals surface area contributed by atoms with Gasteiger partial charge in [0, 0.05) is 62.0 Å². The quantitative estimate of drug-likeness (QED) is 0.295. The standard InChI is InChI=1S/C28H27N7O2S/c1-20-30-31-26(37-20)22-8-5-9-24(18-22)34-16-12-25(32-34)35(28(36)27-29-13-17-38-27)23-10-14-33(15-11-23)19-21-6-3-2-4-7-21/h2-9,12-13,16-18,23H,10-11,14-15,19H2,1H3. The first-order valence-corrected chi connectivity index (χ1v) is 13.5. The molecular weight excluding hydrogens is 498 g/mol. The summed E-state index contributed by atoms with van der Waals surface area (Å²) in [5, 5.41) is 15.2. The second-order valence-electron chi connectivity index (χ2n) is 9.30. The van der Waals surface area contributed by atoms with E-state index in [2.05, 4.69) is 44.3 Å². The lowest BCUT2D eigenvalue weighted by molar-refractivity contribution is 0.0957. The Kier molecular flexibility index (Phi) is 6.80. The summed E-state index contributed by atoms with van der Waals surface area (Å²) in [6, 6.07) is 20.2. The van der Waals surface area contributed by atoms with Crippen LogP contribution in [0.3, 0.4) is 0 Å². The summed E-state index contributed by atoms with van der Waals surface area (Å²) >= 11 is 1.35. The highest BCUT2D eigenvalue weighted by molar-refractivity contribution is 7.11. The predicted octanol–water partition coefficient (Wildman–Crippen LogP) is 5.00. The average Bonchev–Trinajstić information content (AvgIpc) is 3.73. The highest BCUT2D eigenvalue weighted by Crippen LogP contribution is 2.27. The van der Waals surface area contributed by atoms with E-state index in [0.717, 1.165) is 43.7 Å². The molecule has 2 aromatic carbocycles. The Bertz CT molecular complexity index is 1510. The lowest BCUT2D eigenvalue weighted by Gasteiger charge is -2.37. The third-order valence-electron chi connectivity index (χ3n) is 6.71. The van der Waals surface area contributed by atoms with Crippen molar-refractivity contribution in [2.24, 2.45) is 0 Å². The molecule has 6 rings (SSSR count). The zero-order valence-corrected chi connectivity index (χ0v) is 21.8. The number of benzene rings is 2. The largest absolute Gasteiger partial charge is 0.421 e. The Morgan fingerprint density at radius 3 is 2.66 bits per heavy atom. The van der Waals surface area contributed by atoms with Crippen molar-refractivity contribution < 1.29 is 9.21 Å². The van der Waals surface area contributed by atoms with Crippen LogP contribution in [-0.4, -0.2) is 54.9 Å². The van der Waals surface area contributed by atoms with Gasteiger partial charge in [-0.3, -0.25) is 14.6 Å². The van der Waals surface area contributed by atoms with Crippen molar-refractivity contribution in [2.75, 3.05) is 18.0 Å². The zero-order chi connectivity index (χ0) is 25.9. The van der Waals surface area contributed by atoms with Crippen LogP contribution in [0.15, 0.2) is 82.9 Å². The first-order valence-electron chi connectivity index (χ1n) is 12.6. The van der Waals surface area contributed by atoms with Gasteiger partial charge >= 0.3 is 0 Å². The van der Waals surface area contributed by atoms with Crippen LogP contribution >= 0.6 is 11.3 Å². The van der Waals surface area contributed by atoms with E-state index < -0.39 is 0 Å². The van der Waals surface area contributed by atoms with Crippen LogP contribution in [-0.2, 0) is 6.54 Å². The van der Waals surface area contributed by atoms with E-state index in [1.54, 1.807) is 17.8 Å². The number of carbonyl (C=O) groups excluding carboxylic acids is 1. The predicted molar refractivity (Wildman–Crippen MR) is 145 cm³/mol. The number of amides is 1. The first-order chi connectivity index (χ1) is 18.6. The summed E-state index contributed by atoms with van der Waals surface area (Å²) in [5.41, 5.74) is 2.95. The number of hydrogen-bond acceptors (Lipinski definition) is 8. The molecule has 1 amide bonds. The van der Waals surface area contributed by atoms with Crippen molar-refractivity contribution in [3.8, 4) is 17.1 Å². The van der Waals surface area contributed by atoms with Crippen LogP contribution < -0.4 is 4.90 Å². The molecule has 10 heteroatoms. The average molecular weight is 526 g/mol. The fourth-order valence-electron chi connectivity index (χ4n) is 4.85. The molecule has 0 radical (unpaired) electrons. The molecule has 0 aliphatic carbocycles. The molecule has 0 atom stereocenters. The molecule has 5 aromatic rings. The maximum atomic E-state index is 13.6. The molecule has 0 N–H and O–H groups in total. The Morgan fingerprint density at radius 2 is 1.92 bits per heavy atom. The normalized spacial score (nSPS) is 14.6. The van der Waals surface area contributed by atoms with E-state index in [9.17, 15) is 4.79 Å². The van der Waals surface area contributed by atoms with E-state index in [0.29, 0.717) is 22.6 Å². The highest BCUT2D eigenvalue weighted by atomic mass is 32.1. The highest BCUT2D eigenvalue weighted by Gasteiger charge is 2.32. The topological polar surface area (TPSA) is 93.2 Å². The number of thiazole rings is 1. The van der Waals surface area contributed by atoms with Crippen LogP contribution in [0.5, 0.6) is 0 Å². The van der Waals surface area contributed by atoms with Gasteiger partial charge in [-0.1, -0.05) is 36.4 Å². The minimum Gasteiger partial charge on any atom is -0.421 e. The number of carbonyl (C=O) groups is 1. The Morgan fingerprint density at radius 1 is 1.08 bits per heavy atom. The molecule has 0 spiro atoms. The fraction of sp³-hybridized carbons (Fsp3) is 0.250. The molecule has 4 heterocycles. The van der Waals surface area contributed by atoms with Gasteiger partial charge < -0.3 is 4.42 Å². The molecule has 0 saturated carbocycles. The monoisotopic (exact) mass is 525 g/mol. The first kappa shape index (κ1) is 24.2. The number of aryl methyl sites for hydroxylation is 1. The molecule has 1 saturated heterocycles. The molecule has 3 aromatic heterocycles. The van der Waals surface area contributed by atoms with E-state index in [1.807, 2.05) is 52.9 Å². The van der Waals surface area contributed by atoms with Crippen molar-refractivity contribution in [3.63, 3.8) is 0 Å². The number of rotatable bonds is 7. The number of piperidine rings is 1. The van der Waals surface area contributed by atoms with Gasteiger partial charge in [-0.25, -0.2) is 9.67 Å². The van der Waals surface area contributed by atoms with Gasteiger partial charge in [0.05, 0.1) is 5.69 Å². The summed E-state index contributed by atoms with van der Waals surface area (Å²) in [5.74, 6) is 1.48. The SMILES string of the molecule is Cc1nnc(-c2cccc(-n3ccc(N(C(=O)c4nccs4)C4CCN(Cc5ccccc5)CC4)n3)c2)o1. The molecule has 1 aliphatic heterocycles. The van der Waals surface area contributed by atoms with E-state index in [1.165, 1.54) is 16.9 Å². The maximum Gasteiger partial charge on any atom is 0.288 e. The molecule has 192 valence electrons. The molecule has 1 aliphatic rings. The Labute approximate surface area is 224 Å². The molecule has 1 fully saturated rings. The van der Waals surface area contributed by atoms with E-state index in [4.69, 9.17) is 9.52 Å². The lowest BCUT2D eigenvalue weighted by atomic mass is 10.0. The Hall–Kier alpha value is -4.15. The number of anilines is 1. The third kappa shape index (κ3) is 5.13. The summed E-state index contributed by atoms with van der Waals surface area (Å²) in [4.78, 5) is 22.2. The second-order valence-corrected chi connectivity index (χ2v) is 10.2. The summed E-state index contributed by atoms with van der Waals surface area (Å²) in [6.45, 7) is 4.50. The van der Waals surface area contributed by atoms with E-state index in [-0.39, 0.29) is 11.9 Å². The van der Waals surface area contributed by atoms with Gasteiger partial charge in [0.1, 0.15) is 0 Å². The van der Waals surface area contributed by atoms with Gasteiger partial charge in [-0.05, 0) is 36.6 Å². The van der Waals surface area contributed by atoms with Gasteiger partial charge in [-0.2, -0.15) is 0 Å². The number of likely N-dealkylation sites (tertiary alicyclic amines) is 1. The maximum absolute atomic E-state index is 13.6. The van der Waals surface area contributed by atoms with Crippen molar-refractivity contribution in [2.45, 2.75) is 32.4 Å². The lowest BCUT2D eigenvalue weighted by Crippen LogP contribution is -2.47. The molecule has 38 heavy (non-hydrogen) atoms. The molecule has 0 unspecified atom stereocenters.